The molecule has 2 atom stereocenters. The van der Waals surface area contributed by atoms with Crippen LogP contribution in [0.1, 0.15) is 58.1 Å². The SMILES string of the molecule is CC(C)(C)OC(=O)N1C2CCC1CN(c1ccc(Nc3ncc4c(F)c(C5CC5)n(-c5cccc(N=S(C)(C)=O)n5)c4n3)cc1)C2. The van der Waals surface area contributed by atoms with Gasteiger partial charge in [-0.25, -0.2) is 23.4 Å². The van der Waals surface area contributed by atoms with Crippen LogP contribution in [0.5, 0.6) is 0 Å². The number of aromatic nitrogens is 4. The van der Waals surface area contributed by atoms with Crippen molar-refractivity contribution in [2.24, 2.45) is 4.36 Å². The fourth-order valence-electron chi connectivity index (χ4n) is 6.48. The Morgan fingerprint density at radius 3 is 2.35 bits per heavy atom. The number of nitrogens with one attached hydrogen (secondary N) is 1. The molecule has 0 spiro atoms. The number of carbonyl (C=O) groups excluding carboxylic acids is 1. The van der Waals surface area contributed by atoms with Gasteiger partial charge in [0, 0.05) is 58.8 Å². The molecule has 0 radical (unpaired) electrons. The summed E-state index contributed by atoms with van der Waals surface area (Å²) in [6.07, 6.45) is 8.10. The average Bonchev–Trinajstić information content (AvgIpc) is 3.72. The van der Waals surface area contributed by atoms with Crippen molar-refractivity contribution in [2.75, 3.05) is 35.8 Å². The lowest BCUT2D eigenvalue weighted by Gasteiger charge is -2.42. The van der Waals surface area contributed by atoms with Crippen molar-refractivity contribution in [3.63, 3.8) is 0 Å². The second-order valence-electron chi connectivity index (χ2n) is 13.7. The Balaban J connectivity index is 1.13. The first-order valence-corrected chi connectivity index (χ1v) is 18.0. The van der Waals surface area contributed by atoms with Crippen molar-refractivity contribution in [2.45, 2.75) is 70.1 Å². The molecular formula is C33H39FN8O3S. The number of pyridine rings is 1. The number of benzene rings is 1. The maximum absolute atomic E-state index is 15.8. The van der Waals surface area contributed by atoms with Crippen molar-refractivity contribution >= 4 is 50.0 Å². The van der Waals surface area contributed by atoms with Crippen LogP contribution in [-0.4, -0.2) is 78.0 Å². The highest BCUT2D eigenvalue weighted by Gasteiger charge is 2.44. The van der Waals surface area contributed by atoms with Gasteiger partial charge in [0.05, 0.1) is 23.2 Å². The minimum Gasteiger partial charge on any atom is -0.444 e. The average molecular weight is 647 g/mol. The topological polar surface area (TPSA) is 118 Å². The minimum atomic E-state index is -2.42. The summed E-state index contributed by atoms with van der Waals surface area (Å²) in [5.41, 5.74) is 2.29. The number of nitrogens with zero attached hydrogens (tertiary/aromatic N) is 7. The van der Waals surface area contributed by atoms with Crippen LogP contribution in [0.25, 0.3) is 16.9 Å². The number of halogens is 1. The number of fused-ring (bicyclic) bond motifs is 3. The van der Waals surface area contributed by atoms with Gasteiger partial charge in [-0.3, -0.25) is 9.47 Å². The molecular weight excluding hydrogens is 607 g/mol. The summed E-state index contributed by atoms with van der Waals surface area (Å²) in [7, 11) is -2.42. The van der Waals surface area contributed by atoms with Gasteiger partial charge in [-0.05, 0) is 82.9 Å². The van der Waals surface area contributed by atoms with Gasteiger partial charge in [-0.1, -0.05) is 6.07 Å². The van der Waals surface area contributed by atoms with E-state index in [0.29, 0.717) is 34.3 Å². The summed E-state index contributed by atoms with van der Waals surface area (Å²) < 4.78 is 39.8. The molecule has 3 aromatic heterocycles. The van der Waals surface area contributed by atoms with Crippen molar-refractivity contribution < 1.29 is 18.1 Å². The summed E-state index contributed by atoms with van der Waals surface area (Å²) in [5, 5.41) is 3.59. The molecule has 1 aliphatic carbocycles. The van der Waals surface area contributed by atoms with Gasteiger partial charge in [0.1, 0.15) is 11.4 Å². The fraction of sp³-hybridized carbons (Fsp3) is 0.455. The molecule has 2 aliphatic heterocycles. The Morgan fingerprint density at radius 2 is 1.72 bits per heavy atom. The summed E-state index contributed by atoms with van der Waals surface area (Å²) >= 11 is 0. The third-order valence-corrected chi connectivity index (χ3v) is 9.11. The lowest BCUT2D eigenvalue weighted by atomic mass is 10.1. The van der Waals surface area contributed by atoms with Crippen LogP contribution < -0.4 is 10.2 Å². The Hall–Kier alpha value is -4.26. The van der Waals surface area contributed by atoms with Crippen LogP contribution in [-0.2, 0) is 14.5 Å². The lowest BCUT2D eigenvalue weighted by Crippen LogP contribution is -2.56. The Bertz CT molecular complexity index is 1920. The highest BCUT2D eigenvalue weighted by atomic mass is 32.2. The Kier molecular flexibility index (Phi) is 7.41. The van der Waals surface area contributed by atoms with E-state index in [9.17, 15) is 9.00 Å². The number of amides is 1. The number of hydrogen-bond acceptors (Lipinski definition) is 9. The van der Waals surface area contributed by atoms with Gasteiger partial charge in [-0.15, -0.1) is 0 Å². The summed E-state index contributed by atoms with van der Waals surface area (Å²) in [5.74, 6) is 0.853. The molecule has 7 rings (SSSR count). The molecule has 2 unspecified atom stereocenters. The molecule has 3 aliphatic rings. The third kappa shape index (κ3) is 6.12. The monoisotopic (exact) mass is 646 g/mol. The smallest absolute Gasteiger partial charge is 0.410 e. The van der Waals surface area contributed by atoms with E-state index in [1.165, 1.54) is 6.20 Å². The van der Waals surface area contributed by atoms with E-state index in [2.05, 4.69) is 36.7 Å². The second-order valence-corrected chi connectivity index (χ2v) is 16.3. The number of anilines is 3. The molecule has 1 saturated carbocycles. The highest BCUT2D eigenvalue weighted by molar-refractivity contribution is 7.92. The number of piperazine rings is 1. The predicted molar refractivity (Wildman–Crippen MR) is 177 cm³/mol. The third-order valence-electron chi connectivity index (χ3n) is 8.48. The zero-order valence-electron chi connectivity index (χ0n) is 26.7. The maximum Gasteiger partial charge on any atom is 0.410 e. The van der Waals surface area contributed by atoms with Gasteiger partial charge in [-0.2, -0.15) is 9.35 Å². The van der Waals surface area contributed by atoms with Gasteiger partial charge in [0.2, 0.25) is 5.95 Å². The van der Waals surface area contributed by atoms with Crippen molar-refractivity contribution in [3.05, 3.63) is 60.2 Å². The van der Waals surface area contributed by atoms with E-state index in [-0.39, 0.29) is 29.9 Å². The largest absolute Gasteiger partial charge is 0.444 e. The van der Waals surface area contributed by atoms with Gasteiger partial charge in [0.15, 0.2) is 17.3 Å². The summed E-state index contributed by atoms with van der Waals surface area (Å²) in [4.78, 5) is 30.9. The molecule has 3 fully saturated rings. The molecule has 13 heteroatoms. The van der Waals surface area contributed by atoms with Crippen LogP contribution in [0.15, 0.2) is 53.0 Å². The maximum atomic E-state index is 15.8. The van der Waals surface area contributed by atoms with Crippen molar-refractivity contribution in [1.29, 1.82) is 0 Å². The van der Waals surface area contributed by atoms with Gasteiger partial charge in [0.25, 0.3) is 0 Å². The van der Waals surface area contributed by atoms with Gasteiger partial charge >= 0.3 is 6.09 Å². The lowest BCUT2D eigenvalue weighted by molar-refractivity contribution is 0.0123. The zero-order valence-corrected chi connectivity index (χ0v) is 27.6. The molecule has 1 amide bonds. The zero-order chi connectivity index (χ0) is 32.4. The molecule has 5 heterocycles. The number of carbonyl (C=O) groups is 1. The van der Waals surface area contributed by atoms with Crippen LogP contribution >= 0.6 is 0 Å². The standard InChI is InChI=1S/C33H39FN8O3S/c1-33(2,3)45-32(43)41-23-15-16-24(41)19-40(18-23)22-13-11-21(12-14-22)36-31-35-17-25-28(34)29(20-9-10-20)42(30(25)38-31)27-8-6-7-26(37-27)39-46(4,5)44/h6-8,11-14,17,20,23-24H,9-10,15-16,18-19H2,1-5H3,(H,35,36,38). The summed E-state index contributed by atoms with van der Waals surface area (Å²) in [6.45, 7) is 7.20. The molecule has 46 heavy (non-hydrogen) atoms. The van der Waals surface area contributed by atoms with E-state index in [0.717, 1.165) is 50.1 Å². The van der Waals surface area contributed by atoms with Crippen molar-refractivity contribution in [1.82, 2.24) is 24.4 Å². The van der Waals surface area contributed by atoms with E-state index < -0.39 is 15.3 Å². The molecule has 2 bridgehead atoms. The van der Waals surface area contributed by atoms with E-state index in [1.54, 1.807) is 35.3 Å². The van der Waals surface area contributed by atoms with E-state index in [1.807, 2.05) is 37.8 Å². The first-order valence-electron chi connectivity index (χ1n) is 15.7. The van der Waals surface area contributed by atoms with E-state index >= 15 is 4.39 Å². The predicted octanol–water partition coefficient (Wildman–Crippen LogP) is 6.52. The summed E-state index contributed by atoms with van der Waals surface area (Å²) in [6, 6.07) is 13.5. The molecule has 1 N–H and O–H groups in total. The molecule has 4 aromatic rings. The first kappa shape index (κ1) is 30.4. The van der Waals surface area contributed by atoms with Crippen LogP contribution in [0.2, 0.25) is 0 Å². The quantitative estimate of drug-likeness (QED) is 0.252. The number of ether oxygens (including phenoxy) is 1. The Morgan fingerprint density at radius 1 is 1.02 bits per heavy atom. The minimum absolute atomic E-state index is 0.0726. The molecule has 2 saturated heterocycles. The van der Waals surface area contributed by atoms with Crippen molar-refractivity contribution in [3.8, 4) is 5.82 Å². The second kappa shape index (κ2) is 11.2. The van der Waals surface area contributed by atoms with Crippen LogP contribution in [0.3, 0.4) is 0 Å². The highest BCUT2D eigenvalue weighted by Crippen LogP contribution is 2.45. The molecule has 1 aromatic carbocycles. The molecule has 11 nitrogen and oxygen atoms in total. The van der Waals surface area contributed by atoms with Crippen LogP contribution in [0, 0.1) is 5.82 Å². The number of hydrogen-bond donors (Lipinski definition) is 1. The van der Waals surface area contributed by atoms with Gasteiger partial charge < -0.3 is 15.0 Å². The van der Waals surface area contributed by atoms with E-state index in [4.69, 9.17) is 9.72 Å². The first-order chi connectivity index (χ1) is 21.8. The Labute approximate surface area is 268 Å². The molecule has 242 valence electrons. The normalized spacial score (nSPS) is 19.9. The van der Waals surface area contributed by atoms with Crippen LogP contribution in [0.4, 0.5) is 32.3 Å². The number of rotatable bonds is 6. The fourth-order valence-corrected chi connectivity index (χ4v) is 7.04.